The Morgan fingerprint density at radius 2 is 1.78 bits per heavy atom. The van der Waals surface area contributed by atoms with Gasteiger partial charge in [-0.3, -0.25) is 0 Å². The van der Waals surface area contributed by atoms with E-state index in [1.165, 1.54) is 0 Å². The van der Waals surface area contributed by atoms with E-state index in [-0.39, 0.29) is 0 Å². The minimum Gasteiger partial charge on any atom is -0.365 e. The normalized spacial score (nSPS) is 15.7. The second-order valence-electron chi connectivity index (χ2n) is 4.06. The van der Waals surface area contributed by atoms with Crippen LogP contribution < -0.4 is 5.73 Å². The fraction of sp³-hybridized carbons (Fsp3) is 0.500. The van der Waals surface area contributed by atoms with Gasteiger partial charge < -0.3 is 10.5 Å². The third-order valence-electron chi connectivity index (χ3n) is 2.38. The molecule has 0 aliphatic carbocycles. The van der Waals surface area contributed by atoms with Crippen molar-refractivity contribution >= 4 is 0 Å². The molecule has 0 fully saturated rings. The van der Waals surface area contributed by atoms with Crippen LogP contribution in [0.1, 0.15) is 18.6 Å². The standard InChI is InChI=1S/C12H15F4NO/c1-8(17)10(9-5-3-2-4-6-9)18-7-12(15,16)11(13)14/h2-6,8,10-11H,7,17H2,1H3. The van der Waals surface area contributed by atoms with Crippen molar-refractivity contribution in [3.8, 4) is 0 Å². The van der Waals surface area contributed by atoms with Gasteiger partial charge in [0, 0.05) is 6.04 Å². The second kappa shape index (κ2) is 6.15. The first kappa shape index (κ1) is 14.9. The molecular formula is C12H15F4NO. The van der Waals surface area contributed by atoms with Crippen LogP contribution in [0.15, 0.2) is 30.3 Å². The Balaban J connectivity index is 2.72. The van der Waals surface area contributed by atoms with Gasteiger partial charge in [0.2, 0.25) is 0 Å². The van der Waals surface area contributed by atoms with Crippen LogP contribution in [0.4, 0.5) is 17.6 Å². The van der Waals surface area contributed by atoms with Crippen LogP contribution in [0.2, 0.25) is 0 Å². The van der Waals surface area contributed by atoms with Crippen molar-refractivity contribution in [3.63, 3.8) is 0 Å². The van der Waals surface area contributed by atoms with Crippen molar-refractivity contribution in [3.05, 3.63) is 35.9 Å². The first-order chi connectivity index (χ1) is 8.34. The molecule has 1 aromatic rings. The number of hydrogen-bond acceptors (Lipinski definition) is 2. The van der Waals surface area contributed by atoms with E-state index in [0.717, 1.165) is 0 Å². The zero-order valence-corrected chi connectivity index (χ0v) is 9.82. The molecule has 2 nitrogen and oxygen atoms in total. The van der Waals surface area contributed by atoms with Crippen LogP contribution in [0, 0.1) is 0 Å². The first-order valence-electron chi connectivity index (χ1n) is 5.42. The number of ether oxygens (including phenoxy) is 1. The van der Waals surface area contributed by atoms with Gasteiger partial charge in [-0.05, 0) is 12.5 Å². The SMILES string of the molecule is CC(N)C(OCC(F)(F)C(F)F)c1ccccc1. The second-order valence-corrected chi connectivity index (χ2v) is 4.06. The fourth-order valence-corrected chi connectivity index (χ4v) is 1.46. The summed E-state index contributed by atoms with van der Waals surface area (Å²) in [5.74, 6) is -4.16. The molecule has 1 aromatic carbocycles. The summed E-state index contributed by atoms with van der Waals surface area (Å²) in [6.07, 6.45) is -4.59. The molecule has 0 amide bonds. The van der Waals surface area contributed by atoms with Crippen molar-refractivity contribution in [2.24, 2.45) is 5.73 Å². The topological polar surface area (TPSA) is 35.2 Å². The number of alkyl halides is 4. The molecule has 0 aliphatic heterocycles. The molecule has 2 atom stereocenters. The Morgan fingerprint density at radius 1 is 1.22 bits per heavy atom. The van der Waals surface area contributed by atoms with E-state index in [9.17, 15) is 17.6 Å². The largest absolute Gasteiger partial charge is 0.365 e. The summed E-state index contributed by atoms with van der Waals surface area (Å²) in [6.45, 7) is 0.212. The van der Waals surface area contributed by atoms with E-state index in [1.807, 2.05) is 0 Å². The molecular weight excluding hydrogens is 250 g/mol. The summed E-state index contributed by atoms with van der Waals surface area (Å²) in [6, 6.07) is 7.85. The van der Waals surface area contributed by atoms with E-state index in [4.69, 9.17) is 10.5 Å². The molecule has 2 unspecified atom stereocenters. The smallest absolute Gasteiger partial charge is 0.330 e. The van der Waals surface area contributed by atoms with Crippen molar-refractivity contribution in [1.29, 1.82) is 0 Å². The highest BCUT2D eigenvalue weighted by molar-refractivity contribution is 5.18. The number of benzene rings is 1. The third kappa shape index (κ3) is 3.96. The maximum absolute atomic E-state index is 12.8. The quantitative estimate of drug-likeness (QED) is 0.802. The number of rotatable bonds is 6. The summed E-state index contributed by atoms with van der Waals surface area (Å²) in [5.41, 5.74) is 6.20. The lowest BCUT2D eigenvalue weighted by Gasteiger charge is -2.24. The van der Waals surface area contributed by atoms with Crippen molar-refractivity contribution in [2.45, 2.75) is 31.4 Å². The zero-order valence-electron chi connectivity index (χ0n) is 9.82. The fourth-order valence-electron chi connectivity index (χ4n) is 1.46. The molecule has 2 N–H and O–H groups in total. The summed E-state index contributed by atoms with van der Waals surface area (Å²) < 4.78 is 54.4. The molecule has 0 radical (unpaired) electrons. The van der Waals surface area contributed by atoms with Crippen LogP contribution in [0.3, 0.4) is 0 Å². The van der Waals surface area contributed by atoms with Crippen LogP contribution in [-0.4, -0.2) is 25.0 Å². The maximum atomic E-state index is 12.8. The maximum Gasteiger partial charge on any atom is 0.330 e. The average molecular weight is 265 g/mol. The molecule has 0 aromatic heterocycles. The summed E-state index contributed by atoms with van der Waals surface area (Å²) in [4.78, 5) is 0. The van der Waals surface area contributed by atoms with Gasteiger partial charge in [-0.2, -0.15) is 8.78 Å². The van der Waals surface area contributed by atoms with Gasteiger partial charge in [0.25, 0.3) is 0 Å². The molecule has 18 heavy (non-hydrogen) atoms. The molecule has 0 heterocycles. The highest BCUT2D eigenvalue weighted by Crippen LogP contribution is 2.27. The predicted octanol–water partition coefficient (Wildman–Crippen LogP) is 2.99. The third-order valence-corrected chi connectivity index (χ3v) is 2.38. The van der Waals surface area contributed by atoms with E-state index in [1.54, 1.807) is 37.3 Å². The number of halogens is 4. The van der Waals surface area contributed by atoms with Gasteiger partial charge in [0.15, 0.2) is 0 Å². The van der Waals surface area contributed by atoms with Gasteiger partial charge in [-0.1, -0.05) is 30.3 Å². The molecule has 0 spiro atoms. The summed E-state index contributed by atoms with van der Waals surface area (Å²) in [7, 11) is 0. The first-order valence-corrected chi connectivity index (χ1v) is 5.42. The highest BCUT2D eigenvalue weighted by Gasteiger charge is 2.42. The molecule has 102 valence electrons. The van der Waals surface area contributed by atoms with Crippen LogP contribution >= 0.6 is 0 Å². The van der Waals surface area contributed by atoms with Gasteiger partial charge in [0.1, 0.15) is 6.61 Å². The lowest BCUT2D eigenvalue weighted by molar-refractivity contribution is -0.178. The molecule has 1 rings (SSSR count). The Labute approximate surface area is 103 Å². The molecule has 0 bridgehead atoms. The van der Waals surface area contributed by atoms with E-state index < -0.39 is 31.1 Å². The van der Waals surface area contributed by atoms with Gasteiger partial charge in [-0.25, -0.2) is 8.78 Å². The van der Waals surface area contributed by atoms with E-state index >= 15 is 0 Å². The van der Waals surface area contributed by atoms with Crippen molar-refractivity contribution < 1.29 is 22.3 Å². The number of nitrogens with two attached hydrogens (primary N) is 1. The lowest BCUT2D eigenvalue weighted by Crippen LogP contribution is -2.36. The van der Waals surface area contributed by atoms with Gasteiger partial charge in [-0.15, -0.1) is 0 Å². The van der Waals surface area contributed by atoms with Crippen LogP contribution in [0.5, 0.6) is 0 Å². The van der Waals surface area contributed by atoms with Crippen molar-refractivity contribution in [1.82, 2.24) is 0 Å². The van der Waals surface area contributed by atoms with E-state index in [0.29, 0.717) is 5.56 Å². The summed E-state index contributed by atoms with van der Waals surface area (Å²) >= 11 is 0. The average Bonchev–Trinajstić information content (AvgIpc) is 2.29. The zero-order chi connectivity index (χ0) is 13.8. The minimum absolute atomic E-state index is 0.581. The number of hydrogen-bond donors (Lipinski definition) is 1. The van der Waals surface area contributed by atoms with Crippen LogP contribution in [0.25, 0.3) is 0 Å². The lowest BCUT2D eigenvalue weighted by atomic mass is 10.0. The Morgan fingerprint density at radius 3 is 2.22 bits per heavy atom. The minimum atomic E-state index is -4.16. The van der Waals surface area contributed by atoms with E-state index in [2.05, 4.69) is 0 Å². The summed E-state index contributed by atoms with van der Waals surface area (Å²) in [5, 5.41) is 0. The molecule has 0 saturated carbocycles. The van der Waals surface area contributed by atoms with Gasteiger partial charge >= 0.3 is 12.3 Å². The van der Waals surface area contributed by atoms with Crippen molar-refractivity contribution in [2.75, 3.05) is 6.61 Å². The monoisotopic (exact) mass is 265 g/mol. The predicted molar refractivity (Wildman–Crippen MR) is 59.7 cm³/mol. The van der Waals surface area contributed by atoms with Crippen LogP contribution in [-0.2, 0) is 4.74 Å². The Bertz CT molecular complexity index is 356. The molecule has 6 heteroatoms. The highest BCUT2D eigenvalue weighted by atomic mass is 19.3. The Hall–Kier alpha value is -1.14. The Kier molecular flexibility index (Phi) is 5.10. The van der Waals surface area contributed by atoms with Gasteiger partial charge in [0.05, 0.1) is 6.10 Å². The molecule has 0 aliphatic rings. The molecule has 0 saturated heterocycles.